The molecule has 1 nitrogen and oxygen atoms in total. The minimum atomic E-state index is -0.807. The predicted molar refractivity (Wildman–Crippen MR) is 60.5 cm³/mol. The van der Waals surface area contributed by atoms with E-state index in [1.54, 1.807) is 0 Å². The second-order valence-electron chi connectivity index (χ2n) is 3.91. The van der Waals surface area contributed by atoms with Crippen LogP contribution in [0.25, 0.3) is 0 Å². The highest BCUT2D eigenvalue weighted by Crippen LogP contribution is 2.36. The highest BCUT2D eigenvalue weighted by Gasteiger charge is 2.32. The van der Waals surface area contributed by atoms with Gasteiger partial charge in [-0.25, -0.2) is 0 Å². The molecule has 0 aliphatic rings. The fourth-order valence-corrected chi connectivity index (χ4v) is 2.02. The molecule has 0 saturated carbocycles. The average molecular weight is 213 g/mol. The molecule has 0 aliphatic carbocycles. The van der Waals surface area contributed by atoms with Crippen molar-refractivity contribution in [2.24, 2.45) is 5.92 Å². The predicted octanol–water partition coefficient (Wildman–Crippen LogP) is 3.59. The lowest BCUT2D eigenvalue weighted by Gasteiger charge is -2.32. The zero-order valence-electron chi connectivity index (χ0n) is 8.92. The van der Waals surface area contributed by atoms with E-state index in [9.17, 15) is 5.11 Å². The van der Waals surface area contributed by atoms with Crippen molar-refractivity contribution < 1.29 is 5.11 Å². The van der Waals surface area contributed by atoms with Crippen LogP contribution in [0.15, 0.2) is 24.3 Å². The van der Waals surface area contributed by atoms with E-state index < -0.39 is 5.60 Å². The van der Waals surface area contributed by atoms with E-state index in [4.69, 9.17) is 11.6 Å². The van der Waals surface area contributed by atoms with Gasteiger partial charge >= 0.3 is 0 Å². The van der Waals surface area contributed by atoms with E-state index >= 15 is 0 Å². The Morgan fingerprint density at radius 1 is 1.36 bits per heavy atom. The van der Waals surface area contributed by atoms with Gasteiger partial charge in [0.15, 0.2) is 0 Å². The van der Waals surface area contributed by atoms with Gasteiger partial charge in [-0.05, 0) is 18.4 Å². The lowest BCUT2D eigenvalue weighted by molar-refractivity contribution is -0.0139. The molecule has 1 aromatic rings. The molecule has 78 valence electrons. The fraction of sp³-hybridized carbons (Fsp3) is 0.500. The van der Waals surface area contributed by atoms with Crippen molar-refractivity contribution in [2.45, 2.75) is 32.8 Å². The average Bonchev–Trinajstić information content (AvgIpc) is 2.17. The van der Waals surface area contributed by atoms with E-state index in [2.05, 4.69) is 0 Å². The number of hydrogen-bond donors (Lipinski definition) is 1. The summed E-state index contributed by atoms with van der Waals surface area (Å²) in [5.41, 5.74) is 0.0254. The van der Waals surface area contributed by atoms with E-state index in [0.717, 1.165) is 5.56 Å². The Kier molecular flexibility index (Phi) is 3.57. The number of benzene rings is 1. The molecule has 1 N–H and O–H groups in total. The second-order valence-corrected chi connectivity index (χ2v) is 4.32. The van der Waals surface area contributed by atoms with Crippen molar-refractivity contribution in [1.82, 2.24) is 0 Å². The highest BCUT2D eigenvalue weighted by molar-refractivity contribution is 6.31. The SMILES string of the molecule is CCC(O)(c1ccccc1Cl)C(C)C. The number of rotatable bonds is 3. The van der Waals surface area contributed by atoms with Crippen LogP contribution in [0, 0.1) is 5.92 Å². The zero-order chi connectivity index (χ0) is 10.8. The molecule has 1 atom stereocenters. The minimum Gasteiger partial charge on any atom is -0.385 e. The summed E-state index contributed by atoms with van der Waals surface area (Å²) < 4.78 is 0. The lowest BCUT2D eigenvalue weighted by atomic mass is 9.81. The summed E-state index contributed by atoms with van der Waals surface area (Å²) in [6.07, 6.45) is 0.675. The maximum atomic E-state index is 10.5. The van der Waals surface area contributed by atoms with Gasteiger partial charge in [-0.2, -0.15) is 0 Å². The Labute approximate surface area is 90.7 Å². The molecular formula is C12H17ClO. The maximum absolute atomic E-state index is 10.5. The smallest absolute Gasteiger partial charge is 0.0931 e. The summed E-state index contributed by atoms with van der Waals surface area (Å²) >= 11 is 6.07. The molecule has 0 radical (unpaired) electrons. The summed E-state index contributed by atoms with van der Waals surface area (Å²) in [7, 11) is 0. The minimum absolute atomic E-state index is 0.160. The Balaban J connectivity index is 3.19. The van der Waals surface area contributed by atoms with Crippen molar-refractivity contribution >= 4 is 11.6 Å². The summed E-state index contributed by atoms with van der Waals surface area (Å²) in [5, 5.41) is 11.1. The standard InChI is InChI=1S/C12H17ClO/c1-4-12(14,9(2)3)10-7-5-6-8-11(10)13/h5-9,14H,4H2,1-3H3. The van der Waals surface area contributed by atoms with E-state index in [0.29, 0.717) is 11.4 Å². The fourth-order valence-electron chi connectivity index (χ4n) is 1.72. The van der Waals surface area contributed by atoms with Gasteiger partial charge in [0.2, 0.25) is 0 Å². The molecular weight excluding hydrogens is 196 g/mol. The molecule has 0 spiro atoms. The Morgan fingerprint density at radius 2 is 1.93 bits per heavy atom. The van der Waals surface area contributed by atoms with Gasteiger partial charge in [-0.3, -0.25) is 0 Å². The van der Waals surface area contributed by atoms with Gasteiger partial charge in [-0.1, -0.05) is 50.6 Å². The van der Waals surface area contributed by atoms with Crippen LogP contribution in [0.3, 0.4) is 0 Å². The van der Waals surface area contributed by atoms with Crippen LogP contribution in [0.5, 0.6) is 0 Å². The first-order valence-corrected chi connectivity index (χ1v) is 5.37. The van der Waals surface area contributed by atoms with E-state index in [-0.39, 0.29) is 5.92 Å². The highest BCUT2D eigenvalue weighted by atomic mass is 35.5. The van der Waals surface area contributed by atoms with Crippen LogP contribution in [-0.2, 0) is 5.60 Å². The van der Waals surface area contributed by atoms with Gasteiger partial charge in [0.25, 0.3) is 0 Å². The van der Waals surface area contributed by atoms with Gasteiger partial charge in [0, 0.05) is 10.6 Å². The third kappa shape index (κ3) is 1.94. The monoisotopic (exact) mass is 212 g/mol. The van der Waals surface area contributed by atoms with Crippen LogP contribution < -0.4 is 0 Å². The van der Waals surface area contributed by atoms with Gasteiger partial charge in [-0.15, -0.1) is 0 Å². The number of halogens is 1. The van der Waals surface area contributed by atoms with E-state index in [1.165, 1.54) is 0 Å². The molecule has 0 aromatic heterocycles. The molecule has 0 saturated heterocycles. The maximum Gasteiger partial charge on any atom is 0.0931 e. The van der Waals surface area contributed by atoms with Crippen molar-refractivity contribution in [3.63, 3.8) is 0 Å². The molecule has 0 amide bonds. The first-order chi connectivity index (χ1) is 6.52. The molecule has 0 bridgehead atoms. The third-order valence-electron chi connectivity index (χ3n) is 2.83. The van der Waals surface area contributed by atoms with Crippen molar-refractivity contribution in [1.29, 1.82) is 0 Å². The van der Waals surface area contributed by atoms with Gasteiger partial charge in [0.1, 0.15) is 0 Å². The zero-order valence-corrected chi connectivity index (χ0v) is 9.67. The molecule has 0 fully saturated rings. The van der Waals surface area contributed by atoms with Crippen molar-refractivity contribution in [3.8, 4) is 0 Å². The number of hydrogen-bond acceptors (Lipinski definition) is 1. The second kappa shape index (κ2) is 4.33. The molecule has 0 heterocycles. The first kappa shape index (κ1) is 11.5. The van der Waals surface area contributed by atoms with Crippen molar-refractivity contribution in [3.05, 3.63) is 34.9 Å². The quantitative estimate of drug-likeness (QED) is 0.812. The summed E-state index contributed by atoms with van der Waals surface area (Å²) in [5.74, 6) is 0.160. The largest absolute Gasteiger partial charge is 0.385 e. The van der Waals surface area contributed by atoms with Gasteiger partial charge in [0.05, 0.1) is 5.60 Å². The van der Waals surface area contributed by atoms with E-state index in [1.807, 2.05) is 45.0 Å². The van der Waals surface area contributed by atoms with Crippen LogP contribution in [0.1, 0.15) is 32.8 Å². The van der Waals surface area contributed by atoms with Crippen LogP contribution in [-0.4, -0.2) is 5.11 Å². The molecule has 1 rings (SSSR count). The molecule has 2 heteroatoms. The van der Waals surface area contributed by atoms with Gasteiger partial charge < -0.3 is 5.11 Å². The summed E-state index contributed by atoms with van der Waals surface area (Å²) in [6.45, 7) is 5.99. The molecule has 0 aliphatic heterocycles. The molecule has 14 heavy (non-hydrogen) atoms. The summed E-state index contributed by atoms with van der Waals surface area (Å²) in [6, 6.07) is 7.50. The van der Waals surface area contributed by atoms with Crippen molar-refractivity contribution in [2.75, 3.05) is 0 Å². The van der Waals surface area contributed by atoms with Crippen LogP contribution in [0.4, 0.5) is 0 Å². The topological polar surface area (TPSA) is 20.2 Å². The Morgan fingerprint density at radius 3 is 2.36 bits per heavy atom. The Hall–Kier alpha value is -0.530. The molecule has 1 unspecified atom stereocenters. The van der Waals surface area contributed by atoms with Crippen LogP contribution in [0.2, 0.25) is 5.02 Å². The summed E-state index contributed by atoms with van der Waals surface area (Å²) in [4.78, 5) is 0. The number of aliphatic hydroxyl groups is 1. The lowest BCUT2D eigenvalue weighted by Crippen LogP contribution is -2.31. The first-order valence-electron chi connectivity index (χ1n) is 4.99. The third-order valence-corrected chi connectivity index (χ3v) is 3.16. The molecule has 1 aromatic carbocycles. The Bertz CT molecular complexity index is 309. The van der Waals surface area contributed by atoms with Crippen LogP contribution >= 0.6 is 11.6 Å². The normalized spacial score (nSPS) is 15.6.